The highest BCUT2D eigenvalue weighted by molar-refractivity contribution is 5.68. The smallest absolute Gasteiger partial charge is 0.410 e. The number of benzene rings is 3. The molecule has 32 heavy (non-hydrogen) atoms. The highest BCUT2D eigenvalue weighted by Gasteiger charge is 2.37. The first-order chi connectivity index (χ1) is 15.7. The van der Waals surface area contributed by atoms with Gasteiger partial charge in [0.1, 0.15) is 12.4 Å². The summed E-state index contributed by atoms with van der Waals surface area (Å²) in [6.07, 6.45) is 1.31. The van der Waals surface area contributed by atoms with Gasteiger partial charge in [0.05, 0.1) is 25.9 Å². The van der Waals surface area contributed by atoms with Gasteiger partial charge in [0.15, 0.2) is 0 Å². The Balaban J connectivity index is 1.52. The summed E-state index contributed by atoms with van der Waals surface area (Å²) in [5.74, 6) is 0.782. The maximum Gasteiger partial charge on any atom is 0.410 e. The maximum atomic E-state index is 13.1. The van der Waals surface area contributed by atoms with Crippen molar-refractivity contribution >= 4 is 6.09 Å². The molecule has 0 aromatic heterocycles. The summed E-state index contributed by atoms with van der Waals surface area (Å²) in [7, 11) is 1.65. The number of piperidine rings is 1. The van der Waals surface area contributed by atoms with Crippen LogP contribution in [0.3, 0.4) is 0 Å². The molecule has 5 nitrogen and oxygen atoms in total. The van der Waals surface area contributed by atoms with Crippen LogP contribution in [0.1, 0.15) is 35.6 Å². The van der Waals surface area contributed by atoms with Crippen LogP contribution in [0, 0.1) is 0 Å². The molecule has 3 aromatic carbocycles. The molecule has 2 atom stereocenters. The molecule has 1 saturated heterocycles. The van der Waals surface area contributed by atoms with Crippen molar-refractivity contribution in [3.05, 3.63) is 102 Å². The summed E-state index contributed by atoms with van der Waals surface area (Å²) in [5, 5.41) is 0. The zero-order valence-corrected chi connectivity index (χ0v) is 18.4. The number of carbonyl (C=O) groups is 1. The van der Waals surface area contributed by atoms with E-state index < -0.39 is 0 Å². The number of hydrogen-bond donors (Lipinski definition) is 0. The number of hydrogen-bond acceptors (Lipinski definition) is 4. The Morgan fingerprint density at radius 1 is 0.875 bits per heavy atom. The highest BCUT2D eigenvalue weighted by Crippen LogP contribution is 2.35. The third-order valence-corrected chi connectivity index (χ3v) is 5.78. The molecule has 1 fully saturated rings. The first-order valence-corrected chi connectivity index (χ1v) is 11.0. The van der Waals surface area contributed by atoms with Crippen molar-refractivity contribution in [3.63, 3.8) is 0 Å². The summed E-state index contributed by atoms with van der Waals surface area (Å²) >= 11 is 0. The number of carbonyl (C=O) groups excluding carboxylic acids is 1. The van der Waals surface area contributed by atoms with E-state index in [9.17, 15) is 4.79 Å². The lowest BCUT2D eigenvalue weighted by Crippen LogP contribution is -2.46. The molecule has 0 radical (unpaired) electrons. The van der Waals surface area contributed by atoms with Crippen LogP contribution >= 0.6 is 0 Å². The lowest BCUT2D eigenvalue weighted by atomic mass is 9.92. The highest BCUT2D eigenvalue weighted by atomic mass is 16.6. The normalized spacial score (nSPS) is 18.2. The maximum absolute atomic E-state index is 13.1. The second-order valence-corrected chi connectivity index (χ2v) is 7.93. The molecule has 0 unspecified atom stereocenters. The standard InChI is InChI=1S/C27H29NO4/c1-30-24-16-14-23(15-17-24)26-25(31-19-21-9-4-2-5-10-21)13-8-18-28(26)27(29)32-20-22-11-6-3-7-12-22/h2-7,9-12,14-17,25-26H,8,13,18-20H2,1H3/t25-,26+/m0/s1. The van der Waals surface area contributed by atoms with Crippen LogP contribution < -0.4 is 4.74 Å². The van der Waals surface area contributed by atoms with E-state index in [4.69, 9.17) is 14.2 Å². The lowest BCUT2D eigenvalue weighted by molar-refractivity contribution is -0.0500. The largest absolute Gasteiger partial charge is 0.497 e. The van der Waals surface area contributed by atoms with Crippen LogP contribution in [0.25, 0.3) is 0 Å². The Labute approximate surface area is 189 Å². The summed E-state index contributed by atoms with van der Waals surface area (Å²) < 4.78 is 17.4. The minimum Gasteiger partial charge on any atom is -0.497 e. The van der Waals surface area contributed by atoms with Crippen LogP contribution in [-0.4, -0.2) is 30.8 Å². The molecule has 0 bridgehead atoms. The molecule has 0 aliphatic carbocycles. The van der Waals surface area contributed by atoms with Gasteiger partial charge in [-0.15, -0.1) is 0 Å². The van der Waals surface area contributed by atoms with Gasteiger partial charge in [0.25, 0.3) is 0 Å². The fourth-order valence-electron chi connectivity index (χ4n) is 4.12. The van der Waals surface area contributed by atoms with Crippen LogP contribution in [0.15, 0.2) is 84.9 Å². The molecular formula is C27H29NO4. The van der Waals surface area contributed by atoms with Gasteiger partial charge in [0.2, 0.25) is 0 Å². The van der Waals surface area contributed by atoms with E-state index in [2.05, 4.69) is 12.1 Å². The Kier molecular flexibility index (Phi) is 7.41. The topological polar surface area (TPSA) is 48.0 Å². The molecule has 4 rings (SSSR count). The van der Waals surface area contributed by atoms with Crippen molar-refractivity contribution < 1.29 is 19.0 Å². The van der Waals surface area contributed by atoms with Gasteiger partial charge in [0, 0.05) is 6.54 Å². The van der Waals surface area contributed by atoms with E-state index in [-0.39, 0.29) is 24.8 Å². The van der Waals surface area contributed by atoms with E-state index in [0.29, 0.717) is 13.2 Å². The predicted octanol–water partition coefficient (Wildman–Crippen LogP) is 5.75. The predicted molar refractivity (Wildman–Crippen MR) is 123 cm³/mol. The summed E-state index contributed by atoms with van der Waals surface area (Å²) in [4.78, 5) is 14.9. The van der Waals surface area contributed by atoms with Crippen molar-refractivity contribution in [1.82, 2.24) is 4.90 Å². The van der Waals surface area contributed by atoms with E-state index in [1.807, 2.05) is 77.7 Å². The van der Waals surface area contributed by atoms with Crippen LogP contribution in [0.4, 0.5) is 4.79 Å². The fraction of sp³-hybridized carbons (Fsp3) is 0.296. The minimum atomic E-state index is -0.317. The Hall–Kier alpha value is -3.31. The first kappa shape index (κ1) is 21.9. The summed E-state index contributed by atoms with van der Waals surface area (Å²) in [6.45, 7) is 1.39. The lowest BCUT2D eigenvalue weighted by Gasteiger charge is -2.40. The number of methoxy groups -OCH3 is 1. The van der Waals surface area contributed by atoms with E-state index in [0.717, 1.165) is 35.3 Å². The van der Waals surface area contributed by atoms with Gasteiger partial charge in [-0.1, -0.05) is 72.8 Å². The minimum absolute atomic E-state index is 0.123. The van der Waals surface area contributed by atoms with Crippen molar-refractivity contribution in [3.8, 4) is 5.75 Å². The van der Waals surface area contributed by atoms with E-state index in [1.165, 1.54) is 0 Å². The number of likely N-dealkylation sites (tertiary alicyclic amines) is 1. The van der Waals surface area contributed by atoms with Gasteiger partial charge in [-0.2, -0.15) is 0 Å². The Bertz CT molecular complexity index is 976. The monoisotopic (exact) mass is 431 g/mol. The molecule has 5 heteroatoms. The third kappa shape index (κ3) is 5.48. The number of rotatable bonds is 7. The number of nitrogens with zero attached hydrogens (tertiary/aromatic N) is 1. The zero-order chi connectivity index (χ0) is 22.2. The van der Waals surface area contributed by atoms with Crippen LogP contribution in [-0.2, 0) is 22.7 Å². The molecule has 3 aromatic rings. The number of ether oxygens (including phenoxy) is 3. The molecule has 0 saturated carbocycles. The van der Waals surface area contributed by atoms with Gasteiger partial charge in [-0.25, -0.2) is 4.79 Å². The van der Waals surface area contributed by atoms with Crippen LogP contribution in [0.2, 0.25) is 0 Å². The molecule has 0 N–H and O–H groups in total. The molecule has 1 amide bonds. The SMILES string of the molecule is COc1ccc([C@@H]2[C@@H](OCc3ccccc3)CCCN2C(=O)OCc2ccccc2)cc1. The number of amides is 1. The van der Waals surface area contributed by atoms with Crippen LogP contribution in [0.5, 0.6) is 5.75 Å². The average molecular weight is 432 g/mol. The van der Waals surface area contributed by atoms with Crippen molar-refractivity contribution in [1.29, 1.82) is 0 Å². The molecule has 0 spiro atoms. The summed E-state index contributed by atoms with van der Waals surface area (Å²) in [5.41, 5.74) is 3.10. The molecule has 166 valence electrons. The van der Waals surface area contributed by atoms with Crippen molar-refractivity contribution in [2.24, 2.45) is 0 Å². The molecule has 1 aliphatic rings. The van der Waals surface area contributed by atoms with Gasteiger partial charge < -0.3 is 14.2 Å². The van der Waals surface area contributed by atoms with Gasteiger partial charge in [-0.05, 0) is 41.7 Å². The molecular weight excluding hydrogens is 402 g/mol. The van der Waals surface area contributed by atoms with Crippen molar-refractivity contribution in [2.45, 2.75) is 38.2 Å². The summed E-state index contributed by atoms with van der Waals surface area (Å²) in [6, 6.07) is 27.5. The Morgan fingerprint density at radius 2 is 1.50 bits per heavy atom. The van der Waals surface area contributed by atoms with Gasteiger partial charge in [-0.3, -0.25) is 4.90 Å². The van der Waals surface area contributed by atoms with Gasteiger partial charge >= 0.3 is 6.09 Å². The third-order valence-electron chi connectivity index (χ3n) is 5.78. The van der Waals surface area contributed by atoms with E-state index in [1.54, 1.807) is 7.11 Å². The Morgan fingerprint density at radius 3 is 2.12 bits per heavy atom. The second kappa shape index (κ2) is 10.8. The van der Waals surface area contributed by atoms with Crippen molar-refractivity contribution in [2.75, 3.05) is 13.7 Å². The quantitative estimate of drug-likeness (QED) is 0.478. The fourth-order valence-corrected chi connectivity index (χ4v) is 4.12. The first-order valence-electron chi connectivity index (χ1n) is 11.0. The molecule has 1 heterocycles. The van der Waals surface area contributed by atoms with E-state index >= 15 is 0 Å². The zero-order valence-electron chi connectivity index (χ0n) is 18.4. The molecule has 1 aliphatic heterocycles. The second-order valence-electron chi connectivity index (χ2n) is 7.93. The average Bonchev–Trinajstić information content (AvgIpc) is 2.87.